The Morgan fingerprint density at radius 1 is 1.30 bits per heavy atom. The number of nitrogens with one attached hydrogen (secondary N) is 1. The summed E-state index contributed by atoms with van der Waals surface area (Å²) in [4.78, 5) is 11.9. The van der Waals surface area contributed by atoms with Crippen molar-refractivity contribution in [3.63, 3.8) is 0 Å². The van der Waals surface area contributed by atoms with Crippen LogP contribution in [0.3, 0.4) is 0 Å². The summed E-state index contributed by atoms with van der Waals surface area (Å²) in [6, 6.07) is 4.98. The second-order valence-electron chi connectivity index (χ2n) is 5.26. The van der Waals surface area contributed by atoms with Crippen molar-refractivity contribution in [1.82, 2.24) is 5.32 Å². The highest BCUT2D eigenvalue weighted by Gasteiger charge is 2.26. The van der Waals surface area contributed by atoms with Crippen molar-refractivity contribution in [2.45, 2.75) is 26.9 Å². The number of rotatable bonds is 6. The van der Waals surface area contributed by atoms with Crippen LogP contribution in [-0.2, 0) is 4.79 Å². The van der Waals surface area contributed by atoms with E-state index in [1.54, 1.807) is 32.0 Å². The molecule has 1 N–H and O–H groups in total. The summed E-state index contributed by atoms with van der Waals surface area (Å²) in [5.41, 5.74) is -0.597. The van der Waals surface area contributed by atoms with Crippen LogP contribution in [0.2, 0.25) is 10.0 Å². The summed E-state index contributed by atoms with van der Waals surface area (Å²) in [5.74, 6) is 0.728. The quantitative estimate of drug-likeness (QED) is 0.792. The highest BCUT2D eigenvalue weighted by molar-refractivity contribution is 6.34. The van der Waals surface area contributed by atoms with Crippen molar-refractivity contribution in [2.75, 3.05) is 12.4 Å². The standard InChI is InChI=1S/C14H18Cl3NO2/c1-9(7-18-13(19)14(2,3)8-15)20-12-5-10(16)4-11(17)6-12/h4-6,9H,7-8H2,1-3H3,(H,18,19). The van der Waals surface area contributed by atoms with E-state index in [2.05, 4.69) is 5.32 Å². The molecule has 0 fully saturated rings. The Labute approximate surface area is 134 Å². The van der Waals surface area contributed by atoms with Crippen LogP contribution in [0.25, 0.3) is 0 Å². The van der Waals surface area contributed by atoms with Gasteiger partial charge < -0.3 is 10.1 Å². The predicted molar refractivity (Wildman–Crippen MR) is 84.1 cm³/mol. The molecule has 0 saturated heterocycles. The molecule has 0 aromatic heterocycles. The molecular formula is C14H18Cl3NO2. The Bertz CT molecular complexity index is 457. The van der Waals surface area contributed by atoms with E-state index in [0.717, 1.165) is 0 Å². The molecule has 6 heteroatoms. The molecule has 0 spiro atoms. The number of benzene rings is 1. The van der Waals surface area contributed by atoms with Gasteiger partial charge in [0.25, 0.3) is 0 Å². The molecule has 1 atom stereocenters. The summed E-state index contributed by atoms with van der Waals surface area (Å²) < 4.78 is 5.66. The van der Waals surface area contributed by atoms with Gasteiger partial charge in [0.1, 0.15) is 11.9 Å². The van der Waals surface area contributed by atoms with Gasteiger partial charge in [0.2, 0.25) is 5.91 Å². The Hall–Kier alpha value is -0.640. The van der Waals surface area contributed by atoms with E-state index >= 15 is 0 Å². The van der Waals surface area contributed by atoms with E-state index < -0.39 is 5.41 Å². The van der Waals surface area contributed by atoms with Crippen LogP contribution < -0.4 is 10.1 Å². The first-order valence-corrected chi connectivity index (χ1v) is 7.50. The molecule has 0 radical (unpaired) electrons. The molecular weight excluding hydrogens is 321 g/mol. The first kappa shape index (κ1) is 17.4. The van der Waals surface area contributed by atoms with Crippen LogP contribution in [0.4, 0.5) is 0 Å². The molecule has 0 aliphatic carbocycles. The summed E-state index contributed by atoms with van der Waals surface area (Å²) in [6.45, 7) is 5.81. The molecule has 0 aliphatic rings. The van der Waals surface area contributed by atoms with Crippen molar-refractivity contribution in [1.29, 1.82) is 0 Å². The topological polar surface area (TPSA) is 38.3 Å². The third-order valence-corrected chi connectivity index (χ3v) is 3.78. The largest absolute Gasteiger partial charge is 0.489 e. The molecule has 1 rings (SSSR count). The van der Waals surface area contributed by atoms with Crippen LogP contribution in [-0.4, -0.2) is 24.4 Å². The number of carbonyl (C=O) groups excluding carboxylic acids is 1. The number of amides is 1. The van der Waals surface area contributed by atoms with Gasteiger partial charge >= 0.3 is 0 Å². The van der Waals surface area contributed by atoms with E-state index in [1.165, 1.54) is 0 Å². The lowest BCUT2D eigenvalue weighted by Gasteiger charge is -2.22. The van der Waals surface area contributed by atoms with Crippen molar-refractivity contribution in [3.8, 4) is 5.75 Å². The van der Waals surface area contributed by atoms with Gasteiger partial charge in [-0.15, -0.1) is 11.6 Å². The minimum Gasteiger partial charge on any atom is -0.489 e. The van der Waals surface area contributed by atoms with Crippen molar-refractivity contribution in [2.24, 2.45) is 5.41 Å². The van der Waals surface area contributed by atoms with Gasteiger partial charge in [0.15, 0.2) is 0 Å². The number of hydrogen-bond donors (Lipinski definition) is 1. The predicted octanol–water partition coefficient (Wildman–Crippen LogP) is 4.14. The molecule has 0 saturated carbocycles. The molecule has 3 nitrogen and oxygen atoms in total. The van der Waals surface area contributed by atoms with Gasteiger partial charge in [-0.25, -0.2) is 0 Å². The SMILES string of the molecule is CC(CNC(=O)C(C)(C)CCl)Oc1cc(Cl)cc(Cl)c1. The number of hydrogen-bond acceptors (Lipinski definition) is 2. The lowest BCUT2D eigenvalue weighted by molar-refractivity contribution is -0.128. The molecule has 20 heavy (non-hydrogen) atoms. The number of halogens is 3. The zero-order chi connectivity index (χ0) is 15.3. The summed E-state index contributed by atoms with van der Waals surface area (Å²) in [5, 5.41) is 3.82. The number of carbonyl (C=O) groups is 1. The monoisotopic (exact) mass is 337 g/mol. The Morgan fingerprint density at radius 3 is 2.35 bits per heavy atom. The molecule has 0 heterocycles. The van der Waals surface area contributed by atoms with Gasteiger partial charge in [-0.05, 0) is 39.0 Å². The van der Waals surface area contributed by atoms with Gasteiger partial charge in [-0.2, -0.15) is 0 Å². The van der Waals surface area contributed by atoms with E-state index in [0.29, 0.717) is 22.3 Å². The molecule has 0 aliphatic heterocycles. The second-order valence-corrected chi connectivity index (χ2v) is 6.40. The number of alkyl halides is 1. The van der Waals surface area contributed by atoms with Gasteiger partial charge in [-0.1, -0.05) is 23.2 Å². The zero-order valence-corrected chi connectivity index (χ0v) is 13.9. The minimum absolute atomic E-state index is 0.105. The molecule has 1 amide bonds. The second kappa shape index (κ2) is 7.39. The first-order valence-electron chi connectivity index (χ1n) is 6.21. The number of ether oxygens (including phenoxy) is 1. The Morgan fingerprint density at radius 2 is 1.85 bits per heavy atom. The lowest BCUT2D eigenvalue weighted by atomic mass is 9.95. The van der Waals surface area contributed by atoms with Crippen LogP contribution >= 0.6 is 34.8 Å². The fourth-order valence-corrected chi connectivity index (χ4v) is 2.03. The van der Waals surface area contributed by atoms with E-state index in [-0.39, 0.29) is 17.9 Å². The Balaban J connectivity index is 2.52. The maximum atomic E-state index is 11.9. The van der Waals surface area contributed by atoms with Gasteiger partial charge in [0, 0.05) is 15.9 Å². The van der Waals surface area contributed by atoms with Crippen LogP contribution in [0.15, 0.2) is 18.2 Å². The molecule has 1 aromatic rings. The lowest BCUT2D eigenvalue weighted by Crippen LogP contribution is -2.42. The Kier molecular flexibility index (Phi) is 6.44. The summed E-state index contributed by atoms with van der Waals surface area (Å²) in [7, 11) is 0. The van der Waals surface area contributed by atoms with Crippen molar-refractivity contribution in [3.05, 3.63) is 28.2 Å². The average molecular weight is 339 g/mol. The zero-order valence-electron chi connectivity index (χ0n) is 11.7. The summed E-state index contributed by atoms with van der Waals surface area (Å²) >= 11 is 17.5. The van der Waals surface area contributed by atoms with Gasteiger partial charge in [0.05, 0.1) is 12.0 Å². The minimum atomic E-state index is -0.597. The van der Waals surface area contributed by atoms with Crippen LogP contribution in [0.1, 0.15) is 20.8 Å². The average Bonchev–Trinajstić information content (AvgIpc) is 2.34. The summed E-state index contributed by atoms with van der Waals surface area (Å²) in [6.07, 6.45) is -0.209. The van der Waals surface area contributed by atoms with E-state index in [4.69, 9.17) is 39.5 Å². The van der Waals surface area contributed by atoms with E-state index in [9.17, 15) is 4.79 Å². The molecule has 1 unspecified atom stereocenters. The molecule has 1 aromatic carbocycles. The highest BCUT2D eigenvalue weighted by atomic mass is 35.5. The maximum absolute atomic E-state index is 11.9. The first-order chi connectivity index (χ1) is 9.24. The van der Waals surface area contributed by atoms with Crippen LogP contribution in [0, 0.1) is 5.41 Å². The smallest absolute Gasteiger partial charge is 0.226 e. The molecule has 112 valence electrons. The maximum Gasteiger partial charge on any atom is 0.226 e. The third-order valence-electron chi connectivity index (χ3n) is 2.67. The van der Waals surface area contributed by atoms with Crippen molar-refractivity contribution >= 4 is 40.7 Å². The fourth-order valence-electron chi connectivity index (χ4n) is 1.41. The highest BCUT2D eigenvalue weighted by Crippen LogP contribution is 2.25. The fraction of sp³-hybridized carbons (Fsp3) is 0.500. The van der Waals surface area contributed by atoms with Crippen molar-refractivity contribution < 1.29 is 9.53 Å². The molecule has 0 bridgehead atoms. The third kappa shape index (κ3) is 5.39. The normalized spacial score (nSPS) is 12.9. The van der Waals surface area contributed by atoms with Gasteiger partial charge in [-0.3, -0.25) is 4.79 Å². The van der Waals surface area contributed by atoms with Crippen LogP contribution in [0.5, 0.6) is 5.75 Å². The van der Waals surface area contributed by atoms with E-state index in [1.807, 2.05) is 6.92 Å².